The number of hydrogen-bond donors (Lipinski definition) is 4. The molecular weight excluding hydrogens is 566 g/mol. The van der Waals surface area contributed by atoms with Crippen LogP contribution in [-0.4, -0.2) is 72.9 Å². The van der Waals surface area contributed by atoms with Crippen molar-refractivity contribution >= 4 is 11.6 Å². The van der Waals surface area contributed by atoms with Gasteiger partial charge in [0.05, 0.1) is 35.8 Å². The van der Waals surface area contributed by atoms with Crippen LogP contribution in [0.25, 0.3) is 22.4 Å². The first-order valence-corrected chi connectivity index (χ1v) is 16.3. The summed E-state index contributed by atoms with van der Waals surface area (Å²) in [7, 11) is 0. The van der Waals surface area contributed by atoms with Crippen LogP contribution in [0.2, 0.25) is 0 Å². The summed E-state index contributed by atoms with van der Waals surface area (Å²) in [5.74, 6) is -0.212. The number of aliphatic hydroxyl groups excluding tert-OH is 2. The third-order valence-corrected chi connectivity index (χ3v) is 9.88. The van der Waals surface area contributed by atoms with Gasteiger partial charge in [0.25, 0.3) is 5.91 Å². The number of fused-ring (bicyclic) bond motifs is 2. The minimum Gasteiger partial charge on any atom is -0.395 e. The summed E-state index contributed by atoms with van der Waals surface area (Å²) in [6.07, 6.45) is 4.63. The van der Waals surface area contributed by atoms with Gasteiger partial charge in [0.15, 0.2) is 5.69 Å². The van der Waals surface area contributed by atoms with Crippen LogP contribution >= 0.6 is 0 Å². The van der Waals surface area contributed by atoms with Crippen LogP contribution in [0.1, 0.15) is 77.2 Å². The molecule has 1 amide bonds. The molecule has 1 fully saturated rings. The monoisotopic (exact) mass is 609 g/mol. The van der Waals surface area contributed by atoms with Crippen molar-refractivity contribution in [1.29, 1.82) is 0 Å². The van der Waals surface area contributed by atoms with Gasteiger partial charge in [-0.3, -0.25) is 19.1 Å². The van der Waals surface area contributed by atoms with E-state index in [1.807, 2.05) is 22.9 Å². The van der Waals surface area contributed by atoms with E-state index in [1.54, 1.807) is 0 Å². The summed E-state index contributed by atoms with van der Waals surface area (Å²) in [5.41, 5.74) is 9.78. The molecule has 2 aromatic carbocycles. The van der Waals surface area contributed by atoms with Gasteiger partial charge in [-0.25, -0.2) is 0 Å². The van der Waals surface area contributed by atoms with Crippen molar-refractivity contribution in [2.24, 2.45) is 0 Å². The molecule has 3 aliphatic heterocycles. The Bertz CT molecular complexity index is 1710. The summed E-state index contributed by atoms with van der Waals surface area (Å²) in [6.45, 7) is 8.13. The highest BCUT2D eigenvalue weighted by Crippen LogP contribution is 2.37. The Hall–Kier alpha value is -3.83. The highest BCUT2D eigenvalue weighted by molar-refractivity contribution is 6.04. The standard InChI is InChI=1S/C35H43N7O3/c1-22-25(7-3-9-27(22)30-19-33-29(36-14-18-43)11-5-15-41(33)38-30)26-8-4-10-28(23(26)2)37-35(45)31-20-34-32(12-6-16-42(34)39-31)40-17-13-24(44)21-40/h3-4,7-10,19-20,24,29,32,36,43-44H,5-6,11-18,21H2,1-2H3,(H,37,45)/t24-,29?,32?/m1/s1. The maximum atomic E-state index is 13.5. The van der Waals surface area contributed by atoms with Crippen LogP contribution in [0.3, 0.4) is 0 Å². The summed E-state index contributed by atoms with van der Waals surface area (Å²) in [6, 6.07) is 16.9. The van der Waals surface area contributed by atoms with Crippen molar-refractivity contribution in [2.75, 3.05) is 31.6 Å². The van der Waals surface area contributed by atoms with E-state index in [1.165, 1.54) is 5.69 Å². The molecule has 2 unspecified atom stereocenters. The minimum absolute atomic E-state index is 0.118. The molecule has 3 aliphatic rings. The van der Waals surface area contributed by atoms with Crippen molar-refractivity contribution in [3.63, 3.8) is 0 Å². The number of carbonyl (C=O) groups excluding carboxylic acids is 1. The molecule has 0 spiro atoms. The first-order chi connectivity index (χ1) is 21.9. The lowest BCUT2D eigenvalue weighted by molar-refractivity contribution is 0.102. The zero-order valence-electron chi connectivity index (χ0n) is 26.2. The number of aromatic nitrogens is 4. The number of rotatable bonds is 8. The highest BCUT2D eigenvalue weighted by Gasteiger charge is 2.33. The van der Waals surface area contributed by atoms with Crippen LogP contribution in [0.4, 0.5) is 5.69 Å². The summed E-state index contributed by atoms with van der Waals surface area (Å²) in [5, 5.41) is 35.7. The first-order valence-electron chi connectivity index (χ1n) is 16.3. The number of likely N-dealkylation sites (tertiary alicyclic amines) is 1. The summed E-state index contributed by atoms with van der Waals surface area (Å²) in [4.78, 5) is 15.9. The number of benzene rings is 2. The van der Waals surface area contributed by atoms with E-state index in [-0.39, 0.29) is 30.7 Å². The fourth-order valence-electron chi connectivity index (χ4n) is 7.51. The first kappa shape index (κ1) is 29.9. The molecule has 0 aliphatic carbocycles. The van der Waals surface area contributed by atoms with Gasteiger partial charge < -0.3 is 20.8 Å². The second-order valence-corrected chi connectivity index (χ2v) is 12.7. The third kappa shape index (κ3) is 5.72. The number of amides is 1. The van der Waals surface area contributed by atoms with Gasteiger partial charge >= 0.3 is 0 Å². The normalized spacial score (nSPS) is 21.5. The maximum absolute atomic E-state index is 13.5. The molecule has 2 aromatic heterocycles. The fourth-order valence-corrected chi connectivity index (χ4v) is 7.51. The number of carbonyl (C=O) groups is 1. The van der Waals surface area contributed by atoms with Gasteiger partial charge in [0.2, 0.25) is 0 Å². The quantitative estimate of drug-likeness (QED) is 0.231. The number of hydrogen-bond acceptors (Lipinski definition) is 7. The van der Waals surface area contributed by atoms with E-state index in [4.69, 9.17) is 10.2 Å². The van der Waals surface area contributed by atoms with Gasteiger partial charge in [-0.2, -0.15) is 10.2 Å². The van der Waals surface area contributed by atoms with Gasteiger partial charge in [0, 0.05) is 50.0 Å². The van der Waals surface area contributed by atoms with Crippen LogP contribution < -0.4 is 10.6 Å². The average molecular weight is 610 g/mol. The molecule has 236 valence electrons. The van der Waals surface area contributed by atoms with E-state index in [9.17, 15) is 15.0 Å². The zero-order chi connectivity index (χ0) is 31.1. The van der Waals surface area contributed by atoms with E-state index in [2.05, 4.69) is 64.4 Å². The number of anilines is 1. The summed E-state index contributed by atoms with van der Waals surface area (Å²) < 4.78 is 4.08. The molecular formula is C35H43N7O3. The van der Waals surface area contributed by atoms with Gasteiger partial charge in [0.1, 0.15) is 0 Å². The zero-order valence-corrected chi connectivity index (χ0v) is 26.2. The lowest BCUT2D eigenvalue weighted by Crippen LogP contribution is -2.32. The van der Waals surface area contributed by atoms with Crippen LogP contribution in [-0.2, 0) is 13.1 Å². The largest absolute Gasteiger partial charge is 0.395 e. The second kappa shape index (κ2) is 12.5. The Morgan fingerprint density at radius 2 is 1.62 bits per heavy atom. The molecule has 45 heavy (non-hydrogen) atoms. The molecule has 4 aromatic rings. The van der Waals surface area contributed by atoms with Crippen molar-refractivity contribution in [3.8, 4) is 22.4 Å². The number of nitrogens with zero attached hydrogens (tertiary/aromatic N) is 5. The Morgan fingerprint density at radius 1 is 0.889 bits per heavy atom. The molecule has 0 bridgehead atoms. The van der Waals surface area contributed by atoms with Crippen molar-refractivity contribution in [2.45, 2.75) is 77.2 Å². The molecule has 10 nitrogen and oxygen atoms in total. The number of nitrogens with one attached hydrogen (secondary N) is 2. The molecule has 1 saturated heterocycles. The van der Waals surface area contributed by atoms with Crippen LogP contribution in [0.5, 0.6) is 0 Å². The van der Waals surface area contributed by atoms with Crippen molar-refractivity contribution in [1.82, 2.24) is 29.8 Å². The van der Waals surface area contributed by atoms with Crippen LogP contribution in [0.15, 0.2) is 48.5 Å². The SMILES string of the molecule is Cc1c(NC(=O)c2cc3n(n2)CCCC3N2CC[C@@H](O)C2)cccc1-c1cccc(-c2cc3n(n2)CCCC3NCCO)c1C. The van der Waals surface area contributed by atoms with Gasteiger partial charge in [-0.15, -0.1) is 0 Å². The Morgan fingerprint density at radius 3 is 2.40 bits per heavy atom. The van der Waals surface area contributed by atoms with Gasteiger partial charge in [-0.05, 0) is 86.4 Å². The van der Waals surface area contributed by atoms with Crippen molar-refractivity contribution < 1.29 is 15.0 Å². The van der Waals surface area contributed by atoms with E-state index >= 15 is 0 Å². The Kier molecular flexibility index (Phi) is 8.31. The Labute approximate surface area is 264 Å². The molecule has 0 radical (unpaired) electrons. The smallest absolute Gasteiger partial charge is 0.276 e. The number of aliphatic hydroxyl groups is 2. The van der Waals surface area contributed by atoms with E-state index < -0.39 is 0 Å². The average Bonchev–Trinajstić information content (AvgIpc) is 3.79. The maximum Gasteiger partial charge on any atom is 0.276 e. The molecule has 5 heterocycles. The van der Waals surface area contributed by atoms with Gasteiger partial charge in [-0.1, -0.05) is 30.3 Å². The summed E-state index contributed by atoms with van der Waals surface area (Å²) >= 11 is 0. The minimum atomic E-state index is -0.275. The molecule has 7 rings (SSSR count). The van der Waals surface area contributed by atoms with Crippen LogP contribution in [0, 0.1) is 13.8 Å². The molecule has 0 saturated carbocycles. The Balaban J connectivity index is 1.14. The second-order valence-electron chi connectivity index (χ2n) is 12.7. The fraction of sp³-hybridized carbons (Fsp3) is 0.457. The lowest BCUT2D eigenvalue weighted by Gasteiger charge is -2.31. The predicted octanol–water partition coefficient (Wildman–Crippen LogP) is 4.60. The predicted molar refractivity (Wildman–Crippen MR) is 174 cm³/mol. The number of β-amino-alcohol motifs (C(OH)–C–C–N with tert-alkyl or cyclic N) is 1. The molecule has 10 heteroatoms. The van der Waals surface area contributed by atoms with Crippen molar-refractivity contribution in [3.05, 3.63) is 76.7 Å². The molecule has 4 N–H and O–H groups in total. The van der Waals surface area contributed by atoms with E-state index in [0.717, 1.165) is 96.6 Å². The van der Waals surface area contributed by atoms with E-state index in [0.29, 0.717) is 18.8 Å². The molecule has 3 atom stereocenters. The third-order valence-electron chi connectivity index (χ3n) is 9.88. The lowest BCUT2D eigenvalue weighted by atomic mass is 9.91. The topological polar surface area (TPSA) is 120 Å². The highest BCUT2D eigenvalue weighted by atomic mass is 16.3. The number of aryl methyl sites for hydroxylation is 2.